The molecule has 1 fully saturated rings. The third kappa shape index (κ3) is 1.65. The molecule has 0 amide bonds. The Labute approximate surface area is 71.3 Å². The van der Waals surface area contributed by atoms with E-state index in [1.54, 1.807) is 12.5 Å². The summed E-state index contributed by atoms with van der Waals surface area (Å²) in [5.74, 6) is 0. The Morgan fingerprint density at radius 3 is 3.25 bits per heavy atom. The van der Waals surface area contributed by atoms with Crippen LogP contribution in [0.15, 0.2) is 17.0 Å². The van der Waals surface area contributed by atoms with Gasteiger partial charge in [0.05, 0.1) is 6.20 Å². The summed E-state index contributed by atoms with van der Waals surface area (Å²) in [6, 6.07) is 0.352. The van der Waals surface area contributed by atoms with Crippen LogP contribution in [0.4, 0.5) is 0 Å². The number of rotatable bonds is 2. The normalized spacial score (nSPS) is 24.9. The van der Waals surface area contributed by atoms with Crippen LogP contribution in [0.25, 0.3) is 0 Å². The van der Waals surface area contributed by atoms with Crippen molar-refractivity contribution in [2.24, 2.45) is 5.73 Å². The molecule has 4 heteroatoms. The lowest BCUT2D eigenvalue weighted by atomic mass is 10.3. The monoisotopic (exact) mass is 167 g/mol. The Bertz CT molecular complexity index is 234. The van der Waals surface area contributed by atoms with Crippen LogP contribution in [-0.2, 0) is 6.54 Å². The highest BCUT2D eigenvalue weighted by Crippen LogP contribution is 2.11. The van der Waals surface area contributed by atoms with Crippen LogP contribution in [0.3, 0.4) is 0 Å². The molecule has 1 aliphatic rings. The van der Waals surface area contributed by atoms with E-state index in [0.29, 0.717) is 6.04 Å². The maximum absolute atomic E-state index is 5.77. The number of nitrogens with two attached hydrogens (primary N) is 1. The summed E-state index contributed by atoms with van der Waals surface area (Å²) in [5.41, 5.74) is 6.90. The molecule has 1 aromatic rings. The van der Waals surface area contributed by atoms with Crippen LogP contribution in [0.1, 0.15) is 12.0 Å². The van der Waals surface area contributed by atoms with Crippen molar-refractivity contribution in [2.45, 2.75) is 19.0 Å². The number of likely N-dealkylation sites (tertiary alicyclic amines) is 1. The van der Waals surface area contributed by atoms with Gasteiger partial charge in [-0.1, -0.05) is 5.16 Å². The van der Waals surface area contributed by atoms with Crippen LogP contribution >= 0.6 is 0 Å². The second-order valence-corrected chi connectivity index (χ2v) is 3.32. The van der Waals surface area contributed by atoms with E-state index in [1.807, 2.05) is 0 Å². The maximum Gasteiger partial charge on any atom is 0.128 e. The summed E-state index contributed by atoms with van der Waals surface area (Å²) in [6.07, 6.45) is 4.54. The number of aromatic nitrogens is 1. The van der Waals surface area contributed by atoms with E-state index in [-0.39, 0.29) is 0 Å². The second kappa shape index (κ2) is 3.25. The molecule has 12 heavy (non-hydrogen) atoms. The molecule has 2 heterocycles. The van der Waals surface area contributed by atoms with Gasteiger partial charge in [0.15, 0.2) is 0 Å². The van der Waals surface area contributed by atoms with E-state index in [9.17, 15) is 0 Å². The van der Waals surface area contributed by atoms with Crippen molar-refractivity contribution in [2.75, 3.05) is 13.1 Å². The Morgan fingerprint density at radius 1 is 1.75 bits per heavy atom. The largest absolute Gasteiger partial charge is 0.364 e. The van der Waals surface area contributed by atoms with Gasteiger partial charge in [0.25, 0.3) is 0 Å². The molecule has 4 nitrogen and oxygen atoms in total. The minimum atomic E-state index is 0.352. The van der Waals surface area contributed by atoms with Gasteiger partial charge in [0, 0.05) is 31.2 Å². The van der Waals surface area contributed by atoms with E-state index < -0.39 is 0 Å². The first-order valence-corrected chi connectivity index (χ1v) is 4.21. The van der Waals surface area contributed by atoms with Gasteiger partial charge in [-0.3, -0.25) is 4.90 Å². The summed E-state index contributed by atoms with van der Waals surface area (Å²) >= 11 is 0. The highest BCUT2D eigenvalue weighted by atomic mass is 16.5. The molecule has 2 rings (SSSR count). The fourth-order valence-electron chi connectivity index (χ4n) is 1.57. The first kappa shape index (κ1) is 7.76. The first-order valence-electron chi connectivity index (χ1n) is 4.21. The van der Waals surface area contributed by atoms with Crippen molar-refractivity contribution in [3.63, 3.8) is 0 Å². The standard InChI is InChI=1S/C8H13N3O/c9-8-1-2-11(5-8)4-7-3-10-12-6-7/h3,6,8H,1-2,4-5,9H2. The van der Waals surface area contributed by atoms with Gasteiger partial charge in [-0.15, -0.1) is 0 Å². The van der Waals surface area contributed by atoms with Gasteiger partial charge in [-0.25, -0.2) is 0 Å². The Morgan fingerprint density at radius 2 is 2.67 bits per heavy atom. The predicted octanol–water partition coefficient (Wildman–Crippen LogP) is 0.208. The lowest BCUT2D eigenvalue weighted by molar-refractivity contribution is 0.325. The van der Waals surface area contributed by atoms with Gasteiger partial charge in [0.1, 0.15) is 6.26 Å². The van der Waals surface area contributed by atoms with E-state index in [1.165, 1.54) is 0 Å². The average Bonchev–Trinajstić information content (AvgIpc) is 2.63. The van der Waals surface area contributed by atoms with Gasteiger partial charge in [-0.2, -0.15) is 0 Å². The fourth-order valence-corrected chi connectivity index (χ4v) is 1.57. The van der Waals surface area contributed by atoms with Crippen LogP contribution in [-0.4, -0.2) is 29.2 Å². The SMILES string of the molecule is NC1CCN(Cc2cnoc2)C1. The number of hydrogen-bond acceptors (Lipinski definition) is 4. The molecule has 66 valence electrons. The minimum Gasteiger partial charge on any atom is -0.364 e. The smallest absolute Gasteiger partial charge is 0.128 e. The molecule has 1 aliphatic heterocycles. The van der Waals surface area contributed by atoms with Crippen LogP contribution in [0, 0.1) is 0 Å². The Hall–Kier alpha value is -0.870. The second-order valence-electron chi connectivity index (χ2n) is 3.32. The summed E-state index contributed by atoms with van der Waals surface area (Å²) in [5, 5.41) is 3.65. The van der Waals surface area contributed by atoms with Crippen LogP contribution in [0.5, 0.6) is 0 Å². The highest BCUT2D eigenvalue weighted by molar-refractivity contribution is 5.00. The summed E-state index contributed by atoms with van der Waals surface area (Å²) in [7, 11) is 0. The first-order chi connectivity index (χ1) is 5.84. The molecular formula is C8H13N3O. The molecule has 0 aliphatic carbocycles. The molecule has 0 saturated carbocycles. The summed E-state index contributed by atoms with van der Waals surface area (Å²) in [4.78, 5) is 2.32. The lowest BCUT2D eigenvalue weighted by Crippen LogP contribution is -2.26. The van der Waals surface area contributed by atoms with E-state index in [0.717, 1.165) is 31.6 Å². The number of hydrogen-bond donors (Lipinski definition) is 1. The molecule has 1 unspecified atom stereocenters. The van der Waals surface area contributed by atoms with Crippen molar-refractivity contribution in [3.8, 4) is 0 Å². The molecule has 2 N–H and O–H groups in total. The van der Waals surface area contributed by atoms with Gasteiger partial charge < -0.3 is 10.3 Å². The van der Waals surface area contributed by atoms with Crippen molar-refractivity contribution in [1.82, 2.24) is 10.1 Å². The summed E-state index contributed by atoms with van der Waals surface area (Å²) < 4.78 is 4.74. The Kier molecular flexibility index (Phi) is 2.10. The zero-order valence-electron chi connectivity index (χ0n) is 6.94. The minimum absolute atomic E-state index is 0.352. The molecule has 0 aromatic carbocycles. The number of nitrogens with zero attached hydrogens (tertiary/aromatic N) is 2. The fraction of sp³-hybridized carbons (Fsp3) is 0.625. The molecule has 0 spiro atoms. The predicted molar refractivity (Wildman–Crippen MR) is 44.4 cm³/mol. The zero-order chi connectivity index (χ0) is 8.39. The molecular weight excluding hydrogens is 154 g/mol. The molecule has 1 atom stereocenters. The maximum atomic E-state index is 5.77. The molecule has 0 bridgehead atoms. The molecule has 1 aromatic heterocycles. The van der Waals surface area contributed by atoms with E-state index in [2.05, 4.69) is 10.1 Å². The van der Waals surface area contributed by atoms with Gasteiger partial charge in [-0.05, 0) is 6.42 Å². The lowest BCUT2D eigenvalue weighted by Gasteiger charge is -2.12. The van der Waals surface area contributed by atoms with Crippen molar-refractivity contribution < 1.29 is 4.52 Å². The van der Waals surface area contributed by atoms with Crippen molar-refractivity contribution in [3.05, 3.63) is 18.0 Å². The van der Waals surface area contributed by atoms with E-state index >= 15 is 0 Å². The van der Waals surface area contributed by atoms with Gasteiger partial charge >= 0.3 is 0 Å². The highest BCUT2D eigenvalue weighted by Gasteiger charge is 2.18. The third-order valence-electron chi connectivity index (χ3n) is 2.20. The van der Waals surface area contributed by atoms with Gasteiger partial charge in [0.2, 0.25) is 0 Å². The zero-order valence-corrected chi connectivity index (χ0v) is 6.94. The molecule has 0 radical (unpaired) electrons. The van der Waals surface area contributed by atoms with Crippen molar-refractivity contribution in [1.29, 1.82) is 0 Å². The summed E-state index contributed by atoms with van der Waals surface area (Å²) in [6.45, 7) is 2.99. The van der Waals surface area contributed by atoms with Crippen LogP contribution in [0.2, 0.25) is 0 Å². The third-order valence-corrected chi connectivity index (χ3v) is 2.20. The Balaban J connectivity index is 1.88. The topological polar surface area (TPSA) is 55.3 Å². The van der Waals surface area contributed by atoms with E-state index in [4.69, 9.17) is 10.3 Å². The quantitative estimate of drug-likeness (QED) is 0.684. The van der Waals surface area contributed by atoms with Crippen LogP contribution < -0.4 is 5.73 Å². The molecule has 1 saturated heterocycles. The average molecular weight is 167 g/mol. The van der Waals surface area contributed by atoms with Crippen molar-refractivity contribution >= 4 is 0 Å².